The molecule has 5 rings (SSSR count). The van der Waals surface area contributed by atoms with Crippen molar-refractivity contribution < 1.29 is 20.1 Å². The molecular formula is C30H48O4. The lowest BCUT2D eigenvalue weighted by Gasteiger charge is -2.71. The lowest BCUT2D eigenvalue weighted by Crippen LogP contribution is -2.67. The molecule has 0 aromatic rings. The quantitative estimate of drug-likeness (QED) is 0.397. The first-order chi connectivity index (χ1) is 15.6. The van der Waals surface area contributed by atoms with Gasteiger partial charge in [-0.15, -0.1) is 0 Å². The maximum Gasteiger partial charge on any atom is 0.312 e. The van der Waals surface area contributed by atoms with Gasteiger partial charge in [0.15, 0.2) is 0 Å². The Morgan fingerprint density at radius 2 is 1.53 bits per heavy atom. The summed E-state index contributed by atoms with van der Waals surface area (Å²) in [4.78, 5) is 12.8. The molecule has 0 radical (unpaired) electrons. The van der Waals surface area contributed by atoms with Crippen LogP contribution in [0.25, 0.3) is 0 Å². The number of fused-ring (bicyclic) bond motifs is 7. The van der Waals surface area contributed by atoms with Crippen molar-refractivity contribution >= 4 is 5.97 Å². The zero-order chi connectivity index (χ0) is 25.1. The number of allylic oxidation sites excluding steroid dienone is 2. The second kappa shape index (κ2) is 7.12. The summed E-state index contributed by atoms with van der Waals surface area (Å²) in [6.07, 6.45) is 9.35. The summed E-state index contributed by atoms with van der Waals surface area (Å²) >= 11 is 0. The number of aliphatic carboxylic acids is 1. The first-order valence-corrected chi connectivity index (χ1v) is 13.9. The lowest BCUT2D eigenvalue weighted by molar-refractivity contribution is -0.218. The Balaban J connectivity index is 1.63. The molecule has 34 heavy (non-hydrogen) atoms. The highest BCUT2D eigenvalue weighted by atomic mass is 16.4. The van der Waals surface area contributed by atoms with Gasteiger partial charge < -0.3 is 15.3 Å². The number of hydrogen-bond acceptors (Lipinski definition) is 3. The Morgan fingerprint density at radius 3 is 2.18 bits per heavy atom. The summed E-state index contributed by atoms with van der Waals surface area (Å²) in [7, 11) is 0. The summed E-state index contributed by atoms with van der Waals surface area (Å²) in [5.41, 5.74) is 0.295. The molecule has 0 aromatic heterocycles. The smallest absolute Gasteiger partial charge is 0.312 e. The molecule has 3 N–H and O–H groups in total. The zero-order valence-corrected chi connectivity index (χ0v) is 22.6. The van der Waals surface area contributed by atoms with E-state index in [0.717, 1.165) is 44.9 Å². The molecule has 5 aliphatic rings. The molecule has 0 spiro atoms. The van der Waals surface area contributed by atoms with Crippen molar-refractivity contribution in [3.63, 3.8) is 0 Å². The first-order valence-electron chi connectivity index (χ1n) is 13.9. The van der Waals surface area contributed by atoms with Crippen LogP contribution in [0.3, 0.4) is 0 Å². The summed E-state index contributed by atoms with van der Waals surface area (Å²) in [5, 5.41) is 33.1. The number of aliphatic hydroxyl groups is 2. The van der Waals surface area contributed by atoms with E-state index < -0.39 is 17.5 Å². The summed E-state index contributed by atoms with van der Waals surface area (Å²) in [5.74, 6) is 0.0888. The molecule has 4 heteroatoms. The van der Waals surface area contributed by atoms with Gasteiger partial charge in [-0.05, 0) is 103 Å². The predicted octanol–water partition coefficient (Wildman–Crippen LogP) is 6.20. The van der Waals surface area contributed by atoms with E-state index in [9.17, 15) is 20.1 Å². The van der Waals surface area contributed by atoms with Gasteiger partial charge >= 0.3 is 5.97 Å². The highest BCUT2D eigenvalue weighted by Crippen LogP contribution is 2.75. The van der Waals surface area contributed by atoms with Crippen LogP contribution in [0.1, 0.15) is 106 Å². The molecule has 0 aromatic carbocycles. The fraction of sp³-hybridized carbons (Fsp3) is 0.900. The molecule has 0 heterocycles. The van der Waals surface area contributed by atoms with Crippen LogP contribution in [0.15, 0.2) is 11.6 Å². The third kappa shape index (κ3) is 2.82. The normalized spacial score (nSPS) is 53.4. The van der Waals surface area contributed by atoms with Crippen LogP contribution in [0.2, 0.25) is 0 Å². The Hall–Kier alpha value is -0.870. The van der Waals surface area contributed by atoms with Crippen molar-refractivity contribution in [2.75, 3.05) is 0 Å². The van der Waals surface area contributed by atoms with Crippen LogP contribution in [0.4, 0.5) is 0 Å². The monoisotopic (exact) mass is 472 g/mol. The topological polar surface area (TPSA) is 77.8 Å². The van der Waals surface area contributed by atoms with Crippen LogP contribution < -0.4 is 0 Å². The molecule has 2 unspecified atom stereocenters. The molecule has 0 saturated heterocycles. The van der Waals surface area contributed by atoms with Gasteiger partial charge in [0.2, 0.25) is 0 Å². The van der Waals surface area contributed by atoms with Crippen molar-refractivity contribution in [3.05, 3.63) is 11.6 Å². The van der Waals surface area contributed by atoms with E-state index in [0.29, 0.717) is 24.7 Å². The minimum absolute atomic E-state index is 0.0218. The van der Waals surface area contributed by atoms with E-state index in [-0.39, 0.29) is 39.1 Å². The van der Waals surface area contributed by atoms with Crippen LogP contribution in [0, 0.1) is 50.2 Å². The predicted molar refractivity (Wildman–Crippen MR) is 134 cm³/mol. The Morgan fingerprint density at radius 1 is 0.853 bits per heavy atom. The number of aliphatic hydroxyl groups excluding tert-OH is 2. The van der Waals surface area contributed by atoms with Crippen LogP contribution in [-0.2, 0) is 4.79 Å². The number of carboxylic acid groups (broad SMARTS) is 1. The molecule has 0 aliphatic heterocycles. The number of rotatable bonds is 1. The van der Waals surface area contributed by atoms with E-state index in [1.165, 1.54) is 5.57 Å². The van der Waals surface area contributed by atoms with E-state index in [2.05, 4.69) is 54.5 Å². The average molecular weight is 473 g/mol. The Bertz CT molecular complexity index is 919. The Kier molecular flexibility index (Phi) is 5.20. The first kappa shape index (κ1) is 24.8. The number of hydrogen-bond donors (Lipinski definition) is 3. The van der Waals surface area contributed by atoms with Gasteiger partial charge in [-0.1, -0.05) is 60.1 Å². The molecule has 4 nitrogen and oxygen atoms in total. The van der Waals surface area contributed by atoms with Gasteiger partial charge in [0.05, 0.1) is 12.2 Å². The largest absolute Gasteiger partial charge is 0.481 e. The van der Waals surface area contributed by atoms with Gasteiger partial charge in [0.1, 0.15) is 5.41 Å². The Labute approximate surface area is 206 Å². The number of carboxylic acids is 1. The molecular weight excluding hydrogens is 424 g/mol. The highest BCUT2D eigenvalue weighted by Gasteiger charge is 2.71. The number of carbonyl (C=O) groups is 1. The van der Waals surface area contributed by atoms with E-state index in [1.54, 1.807) is 0 Å². The van der Waals surface area contributed by atoms with Gasteiger partial charge in [-0.3, -0.25) is 4.79 Å². The van der Waals surface area contributed by atoms with Crippen LogP contribution in [0.5, 0.6) is 0 Å². The van der Waals surface area contributed by atoms with E-state index in [1.807, 2.05) is 0 Å². The maximum atomic E-state index is 12.8. The third-order valence-electron chi connectivity index (χ3n) is 13.1. The van der Waals surface area contributed by atoms with Gasteiger partial charge in [-0.2, -0.15) is 0 Å². The molecule has 0 bridgehead atoms. The van der Waals surface area contributed by atoms with Gasteiger partial charge in [0.25, 0.3) is 0 Å². The van der Waals surface area contributed by atoms with Crippen LogP contribution >= 0.6 is 0 Å². The second-order valence-electron chi connectivity index (χ2n) is 15.2. The van der Waals surface area contributed by atoms with Gasteiger partial charge in [-0.25, -0.2) is 0 Å². The highest BCUT2D eigenvalue weighted by molar-refractivity contribution is 5.77. The lowest BCUT2D eigenvalue weighted by atomic mass is 9.33. The minimum Gasteiger partial charge on any atom is -0.481 e. The van der Waals surface area contributed by atoms with Crippen LogP contribution in [-0.4, -0.2) is 33.5 Å². The minimum atomic E-state index is -1.04. The van der Waals surface area contributed by atoms with Crippen molar-refractivity contribution in [1.29, 1.82) is 0 Å². The molecule has 192 valence electrons. The van der Waals surface area contributed by atoms with E-state index >= 15 is 0 Å². The van der Waals surface area contributed by atoms with Gasteiger partial charge in [0, 0.05) is 0 Å². The summed E-state index contributed by atoms with van der Waals surface area (Å²) in [6, 6.07) is 0. The van der Waals surface area contributed by atoms with Crippen molar-refractivity contribution in [3.8, 4) is 0 Å². The van der Waals surface area contributed by atoms with E-state index in [4.69, 9.17) is 0 Å². The molecule has 4 saturated carbocycles. The fourth-order valence-corrected chi connectivity index (χ4v) is 10.7. The molecule has 4 fully saturated rings. The molecule has 5 aliphatic carbocycles. The maximum absolute atomic E-state index is 12.8. The zero-order valence-electron chi connectivity index (χ0n) is 22.6. The van der Waals surface area contributed by atoms with Crippen molar-refractivity contribution in [2.45, 2.75) is 118 Å². The second-order valence-corrected chi connectivity index (χ2v) is 15.2. The van der Waals surface area contributed by atoms with Crippen molar-refractivity contribution in [1.82, 2.24) is 0 Å². The standard InChI is InChI=1S/C30H48O4/c1-25(2)14-15-30(24(33)34)19(16-25)18-8-9-21-27(5)12-11-22(31)26(3,4)20(27)10-13-28(21,6)29(18,7)17-23(30)32/h8,19-23,31-32H,9-17H2,1-7H3,(H,33,34)/t19-,20-,21+,22?,23?,27+,28-,29-,30-/m1/s1. The SMILES string of the molecule is CC1(C)CC[C@]2(C(=O)O)C(O)C[C@]3(C)C(=CC[C@H]4[C@@]5(C)CCC(O)C(C)(C)[C@H]5CC[C@]43C)[C@H]2C1. The van der Waals surface area contributed by atoms with Crippen molar-refractivity contribution in [2.24, 2.45) is 50.2 Å². The molecule has 0 amide bonds. The fourth-order valence-electron chi connectivity index (χ4n) is 10.7. The summed E-state index contributed by atoms with van der Waals surface area (Å²) in [6.45, 7) is 16.4. The average Bonchev–Trinajstić information content (AvgIpc) is 2.71. The summed E-state index contributed by atoms with van der Waals surface area (Å²) < 4.78 is 0. The third-order valence-corrected chi connectivity index (χ3v) is 13.1. The molecule has 9 atom stereocenters.